The maximum absolute atomic E-state index is 12.6. The molecule has 2 aliphatic carbocycles. The van der Waals surface area contributed by atoms with Gasteiger partial charge in [-0.05, 0) is 76.0 Å². The van der Waals surface area contributed by atoms with Crippen molar-refractivity contribution >= 4 is 11.9 Å². The summed E-state index contributed by atoms with van der Waals surface area (Å²) in [6.45, 7) is 20.7. The predicted molar refractivity (Wildman–Crippen MR) is 242 cm³/mol. The van der Waals surface area contributed by atoms with Crippen LogP contribution in [0.1, 0.15) is 127 Å². The van der Waals surface area contributed by atoms with Gasteiger partial charge < -0.3 is 24.4 Å². The maximum atomic E-state index is 12.6. The van der Waals surface area contributed by atoms with Crippen molar-refractivity contribution in [3.8, 4) is 0 Å². The van der Waals surface area contributed by atoms with Crippen molar-refractivity contribution in [2.75, 3.05) is 13.2 Å². The smallest absolute Gasteiger partial charge is 0.330 e. The molecule has 7 nitrogen and oxygen atoms in total. The van der Waals surface area contributed by atoms with E-state index in [4.69, 9.17) is 14.2 Å². The average Bonchev–Trinajstić information content (AvgIpc) is 3.76. The molecule has 0 aromatic carbocycles. The Labute approximate surface area is 356 Å². The number of carbonyl (C=O) groups excluding carboxylic acids is 2. The van der Waals surface area contributed by atoms with Crippen LogP contribution in [-0.4, -0.2) is 58.8 Å². The Bertz CT molecular complexity index is 1770. The Morgan fingerprint density at radius 3 is 1.97 bits per heavy atom. The second-order valence-electron chi connectivity index (χ2n) is 18.3. The van der Waals surface area contributed by atoms with E-state index in [1.54, 1.807) is 0 Å². The van der Waals surface area contributed by atoms with Crippen LogP contribution in [0.5, 0.6) is 0 Å². The van der Waals surface area contributed by atoms with E-state index in [0.717, 1.165) is 40.7 Å². The lowest BCUT2D eigenvalue weighted by Gasteiger charge is -2.39. The lowest BCUT2D eigenvalue weighted by Crippen LogP contribution is -2.46. The van der Waals surface area contributed by atoms with Crippen molar-refractivity contribution in [3.63, 3.8) is 0 Å². The normalized spacial score (nSPS) is 27.7. The van der Waals surface area contributed by atoms with E-state index in [2.05, 4.69) is 60.6 Å². The molecule has 1 saturated heterocycles. The average molecular weight is 811 g/mol. The van der Waals surface area contributed by atoms with Gasteiger partial charge in [0, 0.05) is 30.8 Å². The highest BCUT2D eigenvalue weighted by molar-refractivity contribution is 5.82. The summed E-state index contributed by atoms with van der Waals surface area (Å²) < 4.78 is 17.3. The number of epoxide rings is 1. The van der Waals surface area contributed by atoms with Crippen LogP contribution in [0.3, 0.4) is 0 Å². The SMILES string of the molecule is CCCCCCC/C=C/C(=O)OCC(=C\C=C\C(C)=C\C=C\C=C(C)\C=C\C=C(\C=C\[C@H]1C(C)=C[C@H](O)CC1(C)C)COC(C)=O)/C=C/[C@@]12O[C@]1(C)C[C@@H](O)CC2(C)C. The molecule has 2 fully saturated rings. The molecule has 2 N–H and O–H groups in total. The van der Waals surface area contributed by atoms with Crippen molar-refractivity contribution in [3.05, 3.63) is 131 Å². The summed E-state index contributed by atoms with van der Waals surface area (Å²) in [5, 5.41) is 20.7. The first-order valence-corrected chi connectivity index (χ1v) is 21.7. The first kappa shape index (κ1) is 49.3. The highest BCUT2D eigenvalue weighted by atomic mass is 16.6. The molecule has 1 saturated carbocycles. The molecule has 0 amide bonds. The summed E-state index contributed by atoms with van der Waals surface area (Å²) in [4.78, 5) is 24.2. The van der Waals surface area contributed by atoms with Crippen molar-refractivity contribution in [1.82, 2.24) is 0 Å². The Hall–Kier alpha value is -4.04. The van der Waals surface area contributed by atoms with Gasteiger partial charge in [-0.25, -0.2) is 4.79 Å². The number of rotatable bonds is 21. The molecule has 3 rings (SSSR count). The van der Waals surface area contributed by atoms with E-state index >= 15 is 0 Å². The number of fused-ring (bicyclic) bond motifs is 1. The largest absolute Gasteiger partial charge is 0.461 e. The Kier molecular flexibility index (Phi) is 19.3. The quantitative estimate of drug-likeness (QED) is 0.0297. The van der Waals surface area contributed by atoms with Crippen LogP contribution in [0.15, 0.2) is 131 Å². The van der Waals surface area contributed by atoms with Crippen molar-refractivity contribution in [2.24, 2.45) is 16.7 Å². The zero-order chi connectivity index (χ0) is 43.7. The summed E-state index contributed by atoms with van der Waals surface area (Å²) in [5.41, 5.74) is 3.71. The molecule has 1 aliphatic heterocycles. The Morgan fingerprint density at radius 2 is 1.37 bits per heavy atom. The standard InChI is InChI=1S/C52H74O7/c1-11-12-13-14-15-16-17-28-48(56)58-38-44(31-32-52-50(8,9)35-46(55)36-51(52,10)59-52)27-21-25-40(3)23-19-18-22-39(2)24-20-26-43(37-57-42(5)53)29-30-47-41(4)33-45(54)34-49(47,6)7/h17-33,45-47,54-55H,11-16,34-38H2,1-10H3/b19-18+,24-20+,25-21+,28-17+,30-29+,32-31+,39-22+,40-23+,43-26-,44-27-/t45-,46-,47-,51+,52-/m0/s1. The van der Waals surface area contributed by atoms with Crippen LogP contribution in [-0.2, 0) is 23.8 Å². The molecule has 1 heterocycles. The van der Waals surface area contributed by atoms with Gasteiger partial charge >= 0.3 is 11.9 Å². The van der Waals surface area contributed by atoms with E-state index in [0.29, 0.717) is 19.3 Å². The summed E-state index contributed by atoms with van der Waals surface area (Å²) in [6, 6.07) is 0. The van der Waals surface area contributed by atoms with Crippen LogP contribution >= 0.6 is 0 Å². The summed E-state index contributed by atoms with van der Waals surface area (Å²) in [7, 11) is 0. The van der Waals surface area contributed by atoms with Crippen molar-refractivity contribution < 1.29 is 34.0 Å². The van der Waals surface area contributed by atoms with Crippen LogP contribution < -0.4 is 0 Å². The summed E-state index contributed by atoms with van der Waals surface area (Å²) in [5.74, 6) is -0.501. The molecule has 0 unspecified atom stereocenters. The predicted octanol–water partition coefficient (Wildman–Crippen LogP) is 11.6. The number of ether oxygens (including phenoxy) is 3. The highest BCUT2D eigenvalue weighted by Crippen LogP contribution is 2.66. The minimum absolute atomic E-state index is 0.0871. The maximum Gasteiger partial charge on any atom is 0.330 e. The fourth-order valence-corrected chi connectivity index (χ4v) is 8.59. The highest BCUT2D eigenvalue weighted by Gasteiger charge is 2.74. The van der Waals surface area contributed by atoms with Crippen LogP contribution in [0.4, 0.5) is 0 Å². The monoisotopic (exact) mass is 811 g/mol. The molecule has 324 valence electrons. The van der Waals surface area contributed by atoms with Gasteiger partial charge in [0.1, 0.15) is 24.4 Å². The van der Waals surface area contributed by atoms with Crippen molar-refractivity contribution in [2.45, 2.75) is 150 Å². The molecule has 7 heteroatoms. The second kappa shape index (κ2) is 23.1. The van der Waals surface area contributed by atoms with E-state index in [1.165, 1.54) is 38.7 Å². The van der Waals surface area contributed by atoms with E-state index in [9.17, 15) is 19.8 Å². The van der Waals surface area contributed by atoms with Gasteiger partial charge in [-0.3, -0.25) is 4.79 Å². The fraction of sp³-hybridized carbons (Fsp3) is 0.538. The Balaban J connectivity index is 1.67. The first-order valence-electron chi connectivity index (χ1n) is 21.7. The van der Waals surface area contributed by atoms with Gasteiger partial charge in [0.2, 0.25) is 0 Å². The molecule has 5 atom stereocenters. The molecule has 59 heavy (non-hydrogen) atoms. The first-order chi connectivity index (χ1) is 27.8. The fourth-order valence-electron chi connectivity index (χ4n) is 8.59. The molecule has 3 aliphatic rings. The molecular weight excluding hydrogens is 737 g/mol. The third-order valence-electron chi connectivity index (χ3n) is 11.8. The Morgan fingerprint density at radius 1 is 0.763 bits per heavy atom. The van der Waals surface area contributed by atoms with Crippen LogP contribution in [0, 0.1) is 16.7 Å². The van der Waals surface area contributed by atoms with Gasteiger partial charge in [0.05, 0.1) is 12.2 Å². The zero-order valence-corrected chi connectivity index (χ0v) is 37.8. The molecular formula is C52H74O7. The minimum atomic E-state index is -0.486. The number of esters is 2. The van der Waals surface area contributed by atoms with E-state index in [1.807, 2.05) is 98.9 Å². The number of carbonyl (C=O) groups is 2. The van der Waals surface area contributed by atoms with Gasteiger partial charge in [0.15, 0.2) is 0 Å². The number of aliphatic hydroxyl groups excluding tert-OH is 2. The van der Waals surface area contributed by atoms with Crippen LogP contribution in [0.25, 0.3) is 0 Å². The van der Waals surface area contributed by atoms with E-state index < -0.39 is 23.4 Å². The lowest BCUT2D eigenvalue weighted by atomic mass is 9.63. The molecule has 0 aromatic rings. The van der Waals surface area contributed by atoms with E-state index in [-0.39, 0.29) is 41.9 Å². The van der Waals surface area contributed by atoms with Gasteiger partial charge in [-0.1, -0.05) is 168 Å². The molecule has 0 bridgehead atoms. The molecule has 0 aromatic heterocycles. The summed E-state index contributed by atoms with van der Waals surface area (Å²) in [6.07, 6.45) is 41.5. The number of hydrogen-bond acceptors (Lipinski definition) is 7. The lowest BCUT2D eigenvalue weighted by molar-refractivity contribution is -0.140. The molecule has 0 radical (unpaired) electrons. The topological polar surface area (TPSA) is 106 Å². The number of aliphatic hydroxyl groups is 2. The number of allylic oxidation sites excluding steroid dienone is 15. The van der Waals surface area contributed by atoms with Gasteiger partial charge in [0.25, 0.3) is 0 Å². The summed E-state index contributed by atoms with van der Waals surface area (Å²) >= 11 is 0. The zero-order valence-electron chi connectivity index (χ0n) is 37.8. The number of unbranched alkanes of at least 4 members (excludes halogenated alkanes) is 5. The number of hydrogen-bond donors (Lipinski definition) is 2. The molecule has 0 spiro atoms. The van der Waals surface area contributed by atoms with Crippen molar-refractivity contribution in [1.29, 1.82) is 0 Å². The second-order valence-corrected chi connectivity index (χ2v) is 18.3. The third kappa shape index (κ3) is 15.8. The van der Waals surface area contributed by atoms with Crippen LogP contribution in [0.2, 0.25) is 0 Å². The van der Waals surface area contributed by atoms with Gasteiger partial charge in [-0.2, -0.15) is 0 Å². The minimum Gasteiger partial charge on any atom is -0.461 e. The van der Waals surface area contributed by atoms with Gasteiger partial charge in [-0.15, -0.1) is 0 Å². The third-order valence-corrected chi connectivity index (χ3v) is 11.8.